The van der Waals surface area contributed by atoms with Crippen LogP contribution in [0.2, 0.25) is 0 Å². The Balaban J connectivity index is 1.31. The Bertz CT molecular complexity index is 922. The van der Waals surface area contributed by atoms with Gasteiger partial charge in [-0.1, -0.05) is 6.07 Å². The standard InChI is InChI=1S/C22H26F2N4O2/c1-2-25-22(26-11-15-3-6-20-21(9-15)30-14-29-20)27-12-16-7-8-28(13-16)17-4-5-18(23)19(24)10-17/h3-6,9-10,16H,2,7-8,11-14H2,1H3,(H2,25,26,27). The van der Waals surface area contributed by atoms with E-state index in [0.29, 0.717) is 12.5 Å². The molecule has 2 N–H and O–H groups in total. The summed E-state index contributed by atoms with van der Waals surface area (Å²) >= 11 is 0. The number of fused-ring (bicyclic) bond motifs is 1. The van der Waals surface area contributed by atoms with Crippen LogP contribution in [0.4, 0.5) is 14.5 Å². The third-order valence-corrected chi connectivity index (χ3v) is 5.31. The van der Waals surface area contributed by atoms with Crippen LogP contribution in [0.5, 0.6) is 11.5 Å². The lowest BCUT2D eigenvalue weighted by molar-refractivity contribution is 0.174. The minimum absolute atomic E-state index is 0.259. The molecular formula is C22H26F2N4O2. The average Bonchev–Trinajstić information content (AvgIpc) is 3.41. The fourth-order valence-corrected chi connectivity index (χ4v) is 3.71. The van der Waals surface area contributed by atoms with Crippen molar-refractivity contribution in [3.63, 3.8) is 0 Å². The summed E-state index contributed by atoms with van der Waals surface area (Å²) in [6, 6.07) is 9.91. The topological polar surface area (TPSA) is 58.1 Å². The zero-order chi connectivity index (χ0) is 20.9. The SMILES string of the molecule is CCNC(=NCc1ccc2c(c1)OCO2)NCC1CCN(c2ccc(F)c(F)c2)C1. The fraction of sp³-hybridized carbons (Fsp3) is 0.409. The largest absolute Gasteiger partial charge is 0.454 e. The van der Waals surface area contributed by atoms with Gasteiger partial charge in [0.05, 0.1) is 6.54 Å². The molecule has 0 spiro atoms. The molecule has 0 bridgehead atoms. The van der Waals surface area contributed by atoms with Crippen LogP contribution >= 0.6 is 0 Å². The van der Waals surface area contributed by atoms with E-state index in [1.165, 1.54) is 12.1 Å². The molecular weight excluding hydrogens is 390 g/mol. The van der Waals surface area contributed by atoms with Gasteiger partial charge in [0.1, 0.15) is 0 Å². The molecule has 2 aliphatic rings. The van der Waals surface area contributed by atoms with Crippen LogP contribution in [0, 0.1) is 17.6 Å². The number of nitrogens with zero attached hydrogens (tertiary/aromatic N) is 2. The maximum Gasteiger partial charge on any atom is 0.231 e. The van der Waals surface area contributed by atoms with E-state index >= 15 is 0 Å². The second kappa shape index (κ2) is 9.19. The van der Waals surface area contributed by atoms with Crippen molar-refractivity contribution in [2.45, 2.75) is 19.9 Å². The highest BCUT2D eigenvalue weighted by Crippen LogP contribution is 2.32. The lowest BCUT2D eigenvalue weighted by Crippen LogP contribution is -2.40. The molecule has 4 rings (SSSR count). The maximum absolute atomic E-state index is 13.5. The van der Waals surface area contributed by atoms with Crippen LogP contribution in [0.15, 0.2) is 41.4 Å². The van der Waals surface area contributed by atoms with Crippen LogP contribution in [0.3, 0.4) is 0 Å². The molecule has 160 valence electrons. The third-order valence-electron chi connectivity index (χ3n) is 5.31. The van der Waals surface area contributed by atoms with Crippen LogP contribution in [0.25, 0.3) is 0 Å². The first kappa shape index (κ1) is 20.3. The summed E-state index contributed by atoms with van der Waals surface area (Å²) in [6.07, 6.45) is 0.980. The quantitative estimate of drug-likeness (QED) is 0.559. The summed E-state index contributed by atoms with van der Waals surface area (Å²) in [5.74, 6) is 1.04. The molecule has 1 saturated heterocycles. The number of halogens is 2. The van der Waals surface area contributed by atoms with Gasteiger partial charge in [0.2, 0.25) is 6.79 Å². The second-order valence-electron chi connectivity index (χ2n) is 7.46. The van der Waals surface area contributed by atoms with Crippen molar-refractivity contribution >= 4 is 11.6 Å². The number of aliphatic imine (C=N–C) groups is 1. The maximum atomic E-state index is 13.5. The first-order valence-corrected chi connectivity index (χ1v) is 10.2. The number of benzene rings is 2. The summed E-state index contributed by atoms with van der Waals surface area (Å²) in [5, 5.41) is 6.66. The van der Waals surface area contributed by atoms with Gasteiger partial charge >= 0.3 is 0 Å². The van der Waals surface area contributed by atoms with E-state index in [-0.39, 0.29) is 6.79 Å². The van der Waals surface area contributed by atoms with Gasteiger partial charge in [-0.2, -0.15) is 0 Å². The Morgan fingerprint density at radius 1 is 1.10 bits per heavy atom. The predicted molar refractivity (Wildman–Crippen MR) is 112 cm³/mol. The van der Waals surface area contributed by atoms with Crippen LogP contribution < -0.4 is 25.0 Å². The molecule has 0 amide bonds. The highest BCUT2D eigenvalue weighted by atomic mass is 19.2. The Morgan fingerprint density at radius 3 is 2.80 bits per heavy atom. The van der Waals surface area contributed by atoms with Crippen molar-refractivity contribution in [2.24, 2.45) is 10.9 Å². The highest BCUT2D eigenvalue weighted by Gasteiger charge is 2.23. The van der Waals surface area contributed by atoms with E-state index in [4.69, 9.17) is 9.47 Å². The van der Waals surface area contributed by atoms with Gasteiger partial charge in [0, 0.05) is 37.9 Å². The Morgan fingerprint density at radius 2 is 1.97 bits per heavy atom. The molecule has 1 unspecified atom stereocenters. The molecule has 2 aromatic carbocycles. The molecule has 1 atom stereocenters. The van der Waals surface area contributed by atoms with E-state index < -0.39 is 11.6 Å². The van der Waals surface area contributed by atoms with Gasteiger partial charge < -0.3 is 25.0 Å². The molecule has 6 nitrogen and oxygen atoms in total. The highest BCUT2D eigenvalue weighted by molar-refractivity contribution is 5.79. The monoisotopic (exact) mass is 416 g/mol. The smallest absolute Gasteiger partial charge is 0.231 e. The van der Waals surface area contributed by atoms with Gasteiger partial charge in [-0.15, -0.1) is 0 Å². The molecule has 0 saturated carbocycles. The number of rotatable bonds is 6. The first-order valence-electron chi connectivity index (χ1n) is 10.2. The molecule has 1 fully saturated rings. The fourth-order valence-electron chi connectivity index (χ4n) is 3.71. The van der Waals surface area contributed by atoms with E-state index in [1.54, 1.807) is 6.07 Å². The second-order valence-corrected chi connectivity index (χ2v) is 7.46. The number of guanidine groups is 1. The predicted octanol–water partition coefficient (Wildman–Crippen LogP) is 3.28. The molecule has 0 aromatic heterocycles. The van der Waals surface area contributed by atoms with Crippen molar-refractivity contribution in [1.29, 1.82) is 0 Å². The normalized spacial score (nSPS) is 18.0. The summed E-state index contributed by atoms with van der Waals surface area (Å²) < 4.78 is 37.4. The molecule has 30 heavy (non-hydrogen) atoms. The summed E-state index contributed by atoms with van der Waals surface area (Å²) in [5.41, 5.74) is 1.77. The van der Waals surface area contributed by atoms with Crippen molar-refractivity contribution in [3.8, 4) is 11.5 Å². The van der Waals surface area contributed by atoms with Crippen LogP contribution in [-0.4, -0.2) is 38.9 Å². The molecule has 2 aromatic rings. The van der Waals surface area contributed by atoms with E-state index in [0.717, 1.165) is 61.3 Å². The van der Waals surface area contributed by atoms with Gasteiger partial charge in [-0.05, 0) is 49.1 Å². The zero-order valence-electron chi connectivity index (χ0n) is 17.0. The van der Waals surface area contributed by atoms with Crippen LogP contribution in [-0.2, 0) is 6.54 Å². The lowest BCUT2D eigenvalue weighted by Gasteiger charge is -2.19. The van der Waals surface area contributed by atoms with Crippen LogP contribution in [0.1, 0.15) is 18.9 Å². The molecule has 2 heterocycles. The summed E-state index contributed by atoms with van der Waals surface area (Å²) in [6.45, 7) is 5.94. The van der Waals surface area contributed by atoms with E-state index in [2.05, 4.69) is 20.5 Å². The van der Waals surface area contributed by atoms with Crippen molar-refractivity contribution in [3.05, 3.63) is 53.6 Å². The van der Waals surface area contributed by atoms with Crippen molar-refractivity contribution in [1.82, 2.24) is 10.6 Å². The summed E-state index contributed by atoms with van der Waals surface area (Å²) in [4.78, 5) is 6.75. The zero-order valence-corrected chi connectivity index (χ0v) is 17.0. The number of nitrogens with one attached hydrogen (secondary N) is 2. The van der Waals surface area contributed by atoms with Gasteiger partial charge in [0.25, 0.3) is 0 Å². The Kier molecular flexibility index (Phi) is 6.21. The number of anilines is 1. The Labute approximate surface area is 174 Å². The van der Waals surface area contributed by atoms with Gasteiger partial charge in [0.15, 0.2) is 29.1 Å². The number of hydrogen-bond acceptors (Lipinski definition) is 4. The minimum Gasteiger partial charge on any atom is -0.454 e. The number of hydrogen-bond donors (Lipinski definition) is 2. The summed E-state index contributed by atoms with van der Waals surface area (Å²) in [7, 11) is 0. The van der Waals surface area contributed by atoms with Crippen molar-refractivity contribution < 1.29 is 18.3 Å². The third kappa shape index (κ3) is 4.75. The Hall–Kier alpha value is -3.03. The van der Waals surface area contributed by atoms with Crippen molar-refractivity contribution in [2.75, 3.05) is 37.9 Å². The molecule has 0 radical (unpaired) electrons. The van der Waals surface area contributed by atoms with E-state index in [9.17, 15) is 8.78 Å². The number of ether oxygens (including phenoxy) is 2. The molecule has 2 aliphatic heterocycles. The first-order chi connectivity index (χ1) is 14.6. The average molecular weight is 416 g/mol. The van der Waals surface area contributed by atoms with Gasteiger partial charge in [-0.25, -0.2) is 13.8 Å². The minimum atomic E-state index is -0.815. The molecule has 0 aliphatic carbocycles. The van der Waals surface area contributed by atoms with Gasteiger partial charge in [-0.3, -0.25) is 0 Å². The molecule has 8 heteroatoms. The van der Waals surface area contributed by atoms with E-state index in [1.807, 2.05) is 25.1 Å². The lowest BCUT2D eigenvalue weighted by atomic mass is 10.1.